The fourth-order valence-corrected chi connectivity index (χ4v) is 2.88. The molecule has 1 aliphatic carbocycles. The van der Waals surface area contributed by atoms with Gasteiger partial charge in [-0.15, -0.1) is 12.4 Å². The Morgan fingerprint density at radius 3 is 2.58 bits per heavy atom. The number of amides is 1. The van der Waals surface area contributed by atoms with E-state index in [0.717, 1.165) is 30.2 Å². The molecule has 6 heteroatoms. The molecule has 0 spiro atoms. The molecule has 1 aliphatic rings. The van der Waals surface area contributed by atoms with Crippen molar-refractivity contribution in [2.45, 2.75) is 31.2 Å². The molecular formula is C13H17BrCl2N2O. The van der Waals surface area contributed by atoms with Crippen molar-refractivity contribution in [3.8, 4) is 0 Å². The van der Waals surface area contributed by atoms with Gasteiger partial charge in [-0.25, -0.2) is 0 Å². The Labute approximate surface area is 132 Å². The van der Waals surface area contributed by atoms with Crippen LogP contribution in [0.15, 0.2) is 22.7 Å². The summed E-state index contributed by atoms with van der Waals surface area (Å²) in [5.41, 5.74) is 6.19. The van der Waals surface area contributed by atoms with E-state index in [-0.39, 0.29) is 23.9 Å². The van der Waals surface area contributed by atoms with Gasteiger partial charge in [0, 0.05) is 16.6 Å². The van der Waals surface area contributed by atoms with Gasteiger partial charge in [-0.2, -0.15) is 0 Å². The van der Waals surface area contributed by atoms with Crippen molar-refractivity contribution in [2.24, 2.45) is 5.73 Å². The molecule has 1 amide bonds. The highest BCUT2D eigenvalue weighted by Crippen LogP contribution is 2.29. The van der Waals surface area contributed by atoms with Crippen molar-refractivity contribution < 1.29 is 4.79 Å². The van der Waals surface area contributed by atoms with Gasteiger partial charge in [0.15, 0.2) is 0 Å². The maximum atomic E-state index is 12.2. The normalized spacial score (nSPS) is 16.8. The van der Waals surface area contributed by atoms with Crippen LogP contribution in [0, 0.1) is 0 Å². The maximum absolute atomic E-state index is 12.2. The van der Waals surface area contributed by atoms with Crippen molar-refractivity contribution >= 4 is 45.8 Å². The number of nitrogens with one attached hydrogen (secondary N) is 1. The first-order chi connectivity index (χ1) is 8.56. The Kier molecular flexibility index (Phi) is 6.12. The predicted molar refractivity (Wildman–Crippen MR) is 84.1 cm³/mol. The molecule has 1 aromatic carbocycles. The quantitative estimate of drug-likeness (QED) is 0.858. The summed E-state index contributed by atoms with van der Waals surface area (Å²) in [4.78, 5) is 12.2. The topological polar surface area (TPSA) is 55.1 Å². The fourth-order valence-electron chi connectivity index (χ4n) is 2.38. The lowest BCUT2D eigenvalue weighted by atomic mass is 9.97. The molecule has 0 atom stereocenters. The van der Waals surface area contributed by atoms with Crippen LogP contribution < -0.4 is 11.1 Å². The lowest BCUT2D eigenvalue weighted by Gasteiger charge is -2.28. The second-order valence-corrected chi connectivity index (χ2v) is 6.04. The van der Waals surface area contributed by atoms with Crippen LogP contribution in [0.4, 0.5) is 0 Å². The van der Waals surface area contributed by atoms with Crippen LogP contribution in [-0.2, 0) is 0 Å². The molecule has 1 fully saturated rings. The smallest absolute Gasteiger partial charge is 0.251 e. The van der Waals surface area contributed by atoms with E-state index < -0.39 is 0 Å². The Morgan fingerprint density at radius 1 is 1.42 bits per heavy atom. The average Bonchev–Trinajstić information content (AvgIpc) is 2.82. The third-order valence-electron chi connectivity index (χ3n) is 3.51. The molecular weight excluding hydrogens is 351 g/mol. The molecule has 19 heavy (non-hydrogen) atoms. The van der Waals surface area contributed by atoms with Crippen molar-refractivity contribution in [3.63, 3.8) is 0 Å². The van der Waals surface area contributed by atoms with E-state index in [1.54, 1.807) is 18.2 Å². The minimum Gasteiger partial charge on any atom is -0.345 e. The van der Waals surface area contributed by atoms with Gasteiger partial charge >= 0.3 is 0 Å². The summed E-state index contributed by atoms with van der Waals surface area (Å²) >= 11 is 9.23. The second kappa shape index (κ2) is 6.93. The molecule has 2 rings (SSSR count). The standard InChI is InChI=1S/C13H16BrClN2O.ClH/c14-10-7-9(3-4-11(10)15)12(18)17-13(8-16)5-1-2-6-13;/h3-4,7H,1-2,5-6,8,16H2,(H,17,18);1H. The van der Waals surface area contributed by atoms with Crippen molar-refractivity contribution in [3.05, 3.63) is 33.3 Å². The predicted octanol–water partition coefficient (Wildman–Crippen LogP) is 3.53. The Hall–Kier alpha value is -0.290. The zero-order valence-electron chi connectivity index (χ0n) is 10.4. The van der Waals surface area contributed by atoms with Gasteiger partial charge in [0.1, 0.15) is 0 Å². The first-order valence-corrected chi connectivity index (χ1v) is 7.21. The van der Waals surface area contributed by atoms with Gasteiger partial charge in [0.25, 0.3) is 5.91 Å². The van der Waals surface area contributed by atoms with E-state index in [9.17, 15) is 4.79 Å². The highest BCUT2D eigenvalue weighted by Gasteiger charge is 2.34. The van der Waals surface area contributed by atoms with Crippen LogP contribution in [0.1, 0.15) is 36.0 Å². The molecule has 0 radical (unpaired) electrons. The van der Waals surface area contributed by atoms with E-state index in [1.165, 1.54) is 0 Å². The molecule has 106 valence electrons. The summed E-state index contributed by atoms with van der Waals surface area (Å²) in [6.07, 6.45) is 4.18. The zero-order chi connectivity index (χ0) is 13.2. The zero-order valence-corrected chi connectivity index (χ0v) is 13.6. The fraction of sp³-hybridized carbons (Fsp3) is 0.462. The van der Waals surface area contributed by atoms with Gasteiger partial charge in [-0.3, -0.25) is 4.79 Å². The van der Waals surface area contributed by atoms with Crippen molar-refractivity contribution in [1.82, 2.24) is 5.32 Å². The van der Waals surface area contributed by atoms with E-state index in [0.29, 0.717) is 17.1 Å². The van der Waals surface area contributed by atoms with Crippen LogP contribution in [0.25, 0.3) is 0 Å². The number of carbonyl (C=O) groups excluding carboxylic acids is 1. The number of carbonyl (C=O) groups is 1. The minimum absolute atomic E-state index is 0. The van der Waals surface area contributed by atoms with Crippen LogP contribution in [0.2, 0.25) is 5.02 Å². The molecule has 3 N–H and O–H groups in total. The highest BCUT2D eigenvalue weighted by atomic mass is 79.9. The third kappa shape index (κ3) is 3.85. The summed E-state index contributed by atoms with van der Waals surface area (Å²) in [5, 5.41) is 3.68. The van der Waals surface area contributed by atoms with Crippen molar-refractivity contribution in [1.29, 1.82) is 0 Å². The summed E-state index contributed by atoms with van der Waals surface area (Å²) in [6, 6.07) is 5.17. The first-order valence-electron chi connectivity index (χ1n) is 6.04. The summed E-state index contributed by atoms with van der Waals surface area (Å²) in [6.45, 7) is 0.494. The average molecular weight is 368 g/mol. The molecule has 0 aliphatic heterocycles. The molecule has 1 aromatic rings. The van der Waals surface area contributed by atoms with Gasteiger partial charge < -0.3 is 11.1 Å². The van der Waals surface area contributed by atoms with E-state index in [1.807, 2.05) is 0 Å². The number of hydrogen-bond acceptors (Lipinski definition) is 2. The van der Waals surface area contributed by atoms with E-state index in [4.69, 9.17) is 17.3 Å². The molecule has 0 bridgehead atoms. The number of benzene rings is 1. The molecule has 1 saturated carbocycles. The maximum Gasteiger partial charge on any atom is 0.251 e. The largest absolute Gasteiger partial charge is 0.345 e. The van der Waals surface area contributed by atoms with E-state index >= 15 is 0 Å². The summed E-state index contributed by atoms with van der Waals surface area (Å²) in [7, 11) is 0. The summed E-state index contributed by atoms with van der Waals surface area (Å²) in [5.74, 6) is -0.0836. The Bertz CT molecular complexity index is 462. The highest BCUT2D eigenvalue weighted by molar-refractivity contribution is 9.10. The number of hydrogen-bond donors (Lipinski definition) is 2. The van der Waals surface area contributed by atoms with Gasteiger partial charge in [-0.1, -0.05) is 24.4 Å². The molecule has 0 aromatic heterocycles. The number of nitrogens with two attached hydrogens (primary N) is 1. The number of rotatable bonds is 3. The number of halogens is 3. The van der Waals surface area contributed by atoms with Crippen molar-refractivity contribution in [2.75, 3.05) is 6.54 Å². The lowest BCUT2D eigenvalue weighted by Crippen LogP contribution is -2.51. The Morgan fingerprint density at radius 2 is 2.05 bits per heavy atom. The lowest BCUT2D eigenvalue weighted by molar-refractivity contribution is 0.0903. The first kappa shape index (κ1) is 16.8. The van der Waals surface area contributed by atoms with Crippen LogP contribution >= 0.6 is 39.9 Å². The SMILES string of the molecule is Cl.NCC1(NC(=O)c2ccc(Cl)c(Br)c2)CCCC1. The molecule has 0 saturated heterocycles. The summed E-state index contributed by atoms with van der Waals surface area (Å²) < 4.78 is 0.727. The molecule has 0 unspecified atom stereocenters. The Balaban J connectivity index is 0.00000180. The minimum atomic E-state index is -0.219. The van der Waals surface area contributed by atoms with Gasteiger partial charge in [0.2, 0.25) is 0 Å². The van der Waals surface area contributed by atoms with Crippen LogP contribution in [0.3, 0.4) is 0 Å². The molecule has 0 heterocycles. The van der Waals surface area contributed by atoms with Crippen LogP contribution in [-0.4, -0.2) is 18.0 Å². The monoisotopic (exact) mass is 366 g/mol. The van der Waals surface area contributed by atoms with Gasteiger partial charge in [0.05, 0.1) is 10.6 Å². The molecule has 3 nitrogen and oxygen atoms in total. The van der Waals surface area contributed by atoms with Crippen LogP contribution in [0.5, 0.6) is 0 Å². The third-order valence-corrected chi connectivity index (χ3v) is 4.73. The van der Waals surface area contributed by atoms with E-state index in [2.05, 4.69) is 21.2 Å². The second-order valence-electron chi connectivity index (χ2n) is 4.77. The van der Waals surface area contributed by atoms with Gasteiger partial charge in [-0.05, 0) is 47.0 Å².